The van der Waals surface area contributed by atoms with Gasteiger partial charge in [-0.3, -0.25) is 4.99 Å². The minimum atomic E-state index is -0.377. The van der Waals surface area contributed by atoms with Gasteiger partial charge in [0, 0.05) is 25.7 Å². The molecule has 0 atom stereocenters. The van der Waals surface area contributed by atoms with E-state index in [9.17, 15) is 9.50 Å². The lowest BCUT2D eigenvalue weighted by molar-refractivity contribution is 0.471. The Kier molecular flexibility index (Phi) is 3.96. The molecule has 110 valence electrons. The molecule has 0 amide bonds. The molecule has 2 aliphatic rings. The van der Waals surface area contributed by atoms with E-state index in [1.165, 1.54) is 42.8 Å². The number of amidine groups is 2. The Morgan fingerprint density at radius 3 is 2.86 bits per heavy atom. The molecule has 0 spiro atoms. The van der Waals surface area contributed by atoms with Gasteiger partial charge in [-0.05, 0) is 48.9 Å². The number of rotatable bonds is 1. The molecule has 2 heterocycles. The van der Waals surface area contributed by atoms with Crippen LogP contribution in [0.2, 0.25) is 0 Å². The van der Waals surface area contributed by atoms with Crippen LogP contribution >= 0.6 is 11.8 Å². The van der Waals surface area contributed by atoms with Gasteiger partial charge in [0.25, 0.3) is 0 Å². The first kappa shape index (κ1) is 14.1. The van der Waals surface area contributed by atoms with Crippen molar-refractivity contribution in [1.29, 1.82) is 0 Å². The summed E-state index contributed by atoms with van der Waals surface area (Å²) in [6.07, 6.45) is 4.10. The summed E-state index contributed by atoms with van der Waals surface area (Å²) in [7, 11) is 1.69. The predicted octanol–water partition coefficient (Wildman–Crippen LogP) is 3.10. The van der Waals surface area contributed by atoms with Gasteiger partial charge in [-0.15, -0.1) is 0 Å². The highest BCUT2D eigenvalue weighted by Crippen LogP contribution is 2.34. The number of nitrogens with zero attached hydrogens (tertiary/aromatic N) is 3. The first-order chi connectivity index (χ1) is 10.2. The van der Waals surface area contributed by atoms with E-state index in [-0.39, 0.29) is 11.6 Å². The van der Waals surface area contributed by atoms with Crippen molar-refractivity contribution in [2.24, 2.45) is 9.98 Å². The summed E-state index contributed by atoms with van der Waals surface area (Å²) in [4.78, 5) is 11.8. The highest BCUT2D eigenvalue weighted by molar-refractivity contribution is 8.18. The molecule has 2 aliphatic heterocycles. The number of hydrogen-bond donors (Lipinski definition) is 1. The maximum atomic E-state index is 13.3. The van der Waals surface area contributed by atoms with Crippen molar-refractivity contribution < 1.29 is 9.50 Å². The van der Waals surface area contributed by atoms with Gasteiger partial charge in [0.05, 0.1) is 4.91 Å². The third-order valence-corrected chi connectivity index (χ3v) is 4.54. The molecule has 0 aliphatic carbocycles. The lowest BCUT2D eigenvalue weighted by Crippen LogP contribution is -2.23. The molecule has 1 fully saturated rings. The van der Waals surface area contributed by atoms with Crippen LogP contribution in [0.5, 0.6) is 5.75 Å². The standard InChI is InChI=1S/C15H16FN3OS/c1-17-14-13(9-10-8-11(16)4-5-12(10)20)21-15(18-14)19-6-2-3-7-19/h4-5,8-9,20H,2-3,6-7H2,1H3/b13-9-,17-14-. The summed E-state index contributed by atoms with van der Waals surface area (Å²) in [5.41, 5.74) is 0.441. The van der Waals surface area contributed by atoms with Gasteiger partial charge >= 0.3 is 0 Å². The Morgan fingerprint density at radius 2 is 2.14 bits per heavy atom. The number of aromatic hydroxyl groups is 1. The number of phenolic OH excluding ortho intramolecular Hbond substituents is 1. The molecule has 1 aromatic rings. The minimum absolute atomic E-state index is 0.0505. The third-order valence-electron chi connectivity index (χ3n) is 3.49. The predicted molar refractivity (Wildman–Crippen MR) is 85.2 cm³/mol. The van der Waals surface area contributed by atoms with Gasteiger partial charge in [-0.1, -0.05) is 0 Å². The number of hydrogen-bond acceptors (Lipinski definition) is 4. The second kappa shape index (κ2) is 5.89. The smallest absolute Gasteiger partial charge is 0.171 e. The van der Waals surface area contributed by atoms with Crippen molar-refractivity contribution in [3.63, 3.8) is 0 Å². The fraction of sp³-hybridized carbons (Fsp3) is 0.333. The van der Waals surface area contributed by atoms with Crippen LogP contribution in [0, 0.1) is 5.82 Å². The van der Waals surface area contributed by atoms with Gasteiger partial charge in [0.2, 0.25) is 0 Å². The third kappa shape index (κ3) is 2.95. The van der Waals surface area contributed by atoms with Crippen LogP contribution < -0.4 is 0 Å². The van der Waals surface area contributed by atoms with Gasteiger partial charge in [-0.2, -0.15) is 0 Å². The number of likely N-dealkylation sites (tertiary alicyclic amines) is 1. The molecule has 1 saturated heterocycles. The van der Waals surface area contributed by atoms with Gasteiger partial charge in [-0.25, -0.2) is 9.38 Å². The number of benzene rings is 1. The normalized spacial score (nSPS) is 22.4. The monoisotopic (exact) mass is 305 g/mol. The number of aliphatic imine (C=N–C) groups is 2. The van der Waals surface area contributed by atoms with Crippen LogP contribution in [0.25, 0.3) is 6.08 Å². The van der Waals surface area contributed by atoms with E-state index in [1.54, 1.807) is 13.1 Å². The summed E-state index contributed by atoms with van der Waals surface area (Å²) < 4.78 is 13.3. The second-order valence-electron chi connectivity index (χ2n) is 4.95. The summed E-state index contributed by atoms with van der Waals surface area (Å²) >= 11 is 1.52. The lowest BCUT2D eigenvalue weighted by Gasteiger charge is -2.14. The van der Waals surface area contributed by atoms with Gasteiger partial charge in [0.1, 0.15) is 11.6 Å². The average Bonchev–Trinajstić information content (AvgIpc) is 3.11. The molecular weight excluding hydrogens is 289 g/mol. The number of thioether (sulfide) groups is 1. The van der Waals surface area contributed by atoms with Crippen molar-refractivity contribution in [2.45, 2.75) is 12.8 Å². The number of halogens is 1. The molecule has 0 saturated carbocycles. The van der Waals surface area contributed by atoms with Crippen molar-refractivity contribution in [1.82, 2.24) is 4.90 Å². The Morgan fingerprint density at radius 1 is 1.38 bits per heavy atom. The van der Waals surface area contributed by atoms with E-state index >= 15 is 0 Å². The maximum absolute atomic E-state index is 13.3. The first-order valence-electron chi connectivity index (χ1n) is 6.86. The van der Waals surface area contributed by atoms with Crippen molar-refractivity contribution in [2.75, 3.05) is 20.1 Å². The summed E-state index contributed by atoms with van der Waals surface area (Å²) in [6, 6.07) is 3.90. The largest absolute Gasteiger partial charge is 0.507 e. The van der Waals surface area contributed by atoms with Crippen LogP contribution in [-0.4, -0.2) is 41.1 Å². The fourth-order valence-electron chi connectivity index (χ4n) is 2.39. The van der Waals surface area contributed by atoms with Crippen molar-refractivity contribution in [3.8, 4) is 5.75 Å². The SMILES string of the molecule is C/N=C1\N=C(N2CCCC2)S\C1=C/c1cc(F)ccc1O. The molecule has 6 heteroatoms. The Labute approximate surface area is 127 Å². The Balaban J connectivity index is 1.89. The van der Waals surface area contributed by atoms with E-state index < -0.39 is 0 Å². The zero-order chi connectivity index (χ0) is 14.8. The molecule has 21 heavy (non-hydrogen) atoms. The summed E-state index contributed by atoms with van der Waals surface area (Å²) in [5, 5.41) is 10.8. The highest BCUT2D eigenvalue weighted by atomic mass is 32.2. The number of phenols is 1. The average molecular weight is 305 g/mol. The van der Waals surface area contributed by atoms with E-state index in [0.29, 0.717) is 11.4 Å². The van der Waals surface area contributed by atoms with Crippen LogP contribution in [0.15, 0.2) is 33.1 Å². The fourth-order valence-corrected chi connectivity index (χ4v) is 3.45. The molecule has 3 rings (SSSR count). The van der Waals surface area contributed by atoms with Crippen molar-refractivity contribution in [3.05, 3.63) is 34.5 Å². The molecule has 0 unspecified atom stereocenters. The zero-order valence-electron chi connectivity index (χ0n) is 11.7. The molecule has 0 radical (unpaired) electrons. The highest BCUT2D eigenvalue weighted by Gasteiger charge is 2.26. The van der Waals surface area contributed by atoms with E-state index in [0.717, 1.165) is 23.2 Å². The molecule has 1 aromatic carbocycles. The van der Waals surface area contributed by atoms with Gasteiger partial charge in [0.15, 0.2) is 11.0 Å². The molecule has 1 N–H and O–H groups in total. The van der Waals surface area contributed by atoms with Crippen LogP contribution in [0.1, 0.15) is 18.4 Å². The van der Waals surface area contributed by atoms with Crippen LogP contribution in [0.4, 0.5) is 4.39 Å². The van der Waals surface area contributed by atoms with E-state index in [2.05, 4.69) is 14.9 Å². The second-order valence-corrected chi connectivity index (χ2v) is 5.96. The molecule has 0 bridgehead atoms. The Bertz CT molecular complexity index is 648. The minimum Gasteiger partial charge on any atom is -0.507 e. The maximum Gasteiger partial charge on any atom is 0.171 e. The van der Waals surface area contributed by atoms with Gasteiger partial charge < -0.3 is 10.0 Å². The first-order valence-corrected chi connectivity index (χ1v) is 7.68. The summed E-state index contributed by atoms with van der Waals surface area (Å²) in [5.74, 6) is 0.304. The van der Waals surface area contributed by atoms with Crippen LogP contribution in [0.3, 0.4) is 0 Å². The lowest BCUT2D eigenvalue weighted by atomic mass is 10.2. The molecule has 4 nitrogen and oxygen atoms in total. The Hall–Kier alpha value is -1.82. The molecule has 0 aromatic heterocycles. The molecular formula is C15H16FN3OS. The topological polar surface area (TPSA) is 48.2 Å². The summed E-state index contributed by atoms with van der Waals surface area (Å²) in [6.45, 7) is 2.03. The van der Waals surface area contributed by atoms with E-state index in [4.69, 9.17) is 0 Å². The quantitative estimate of drug-likeness (QED) is 0.867. The van der Waals surface area contributed by atoms with Crippen LogP contribution in [-0.2, 0) is 0 Å². The van der Waals surface area contributed by atoms with Crippen molar-refractivity contribution >= 4 is 28.8 Å². The van der Waals surface area contributed by atoms with E-state index in [1.807, 2.05) is 0 Å². The zero-order valence-corrected chi connectivity index (χ0v) is 12.5.